The molecule has 3 heteroatoms. The van der Waals surface area contributed by atoms with Gasteiger partial charge in [0, 0.05) is 17.8 Å². The number of nitrogens with one attached hydrogen (secondary N) is 1. The van der Waals surface area contributed by atoms with Crippen LogP contribution in [0.4, 0.5) is 0 Å². The number of rotatable bonds is 2. The van der Waals surface area contributed by atoms with Crippen LogP contribution in [0.5, 0.6) is 5.75 Å². The van der Waals surface area contributed by atoms with E-state index in [0.29, 0.717) is 6.10 Å². The van der Waals surface area contributed by atoms with Crippen molar-refractivity contribution in [2.75, 3.05) is 13.1 Å². The molecule has 0 aliphatic carbocycles. The normalized spacial score (nSPS) is 16.9. The molecule has 2 heterocycles. The Kier molecular flexibility index (Phi) is 1.92. The second-order valence-electron chi connectivity index (χ2n) is 3.52. The smallest absolute Gasteiger partial charge is 0.123 e. The molecular formula is C11H11NOS. The van der Waals surface area contributed by atoms with E-state index < -0.39 is 0 Å². The zero-order valence-electron chi connectivity index (χ0n) is 7.69. The molecule has 2 nitrogen and oxygen atoms in total. The van der Waals surface area contributed by atoms with E-state index >= 15 is 0 Å². The lowest BCUT2D eigenvalue weighted by Gasteiger charge is -2.27. The summed E-state index contributed by atoms with van der Waals surface area (Å²) in [4.78, 5) is 0. The summed E-state index contributed by atoms with van der Waals surface area (Å²) in [6, 6.07) is 8.42. The predicted octanol–water partition coefficient (Wildman–Crippen LogP) is 2.25. The van der Waals surface area contributed by atoms with Crippen molar-refractivity contribution in [3.63, 3.8) is 0 Å². The van der Waals surface area contributed by atoms with Crippen molar-refractivity contribution in [2.45, 2.75) is 6.10 Å². The van der Waals surface area contributed by atoms with Crippen molar-refractivity contribution < 1.29 is 4.74 Å². The largest absolute Gasteiger partial charge is 0.488 e. The van der Waals surface area contributed by atoms with Crippen LogP contribution >= 0.6 is 11.3 Å². The molecule has 0 atom stereocenters. The number of thiophene rings is 1. The topological polar surface area (TPSA) is 21.3 Å². The Balaban J connectivity index is 1.88. The van der Waals surface area contributed by atoms with Crippen LogP contribution < -0.4 is 10.1 Å². The first kappa shape index (κ1) is 8.26. The van der Waals surface area contributed by atoms with Gasteiger partial charge in [0.2, 0.25) is 0 Å². The molecule has 3 rings (SSSR count). The van der Waals surface area contributed by atoms with Crippen LogP contribution in [0.1, 0.15) is 0 Å². The minimum Gasteiger partial charge on any atom is -0.488 e. The Morgan fingerprint density at radius 3 is 3.00 bits per heavy atom. The van der Waals surface area contributed by atoms with Crippen molar-refractivity contribution in [2.24, 2.45) is 0 Å². The minimum atomic E-state index is 0.368. The summed E-state index contributed by atoms with van der Waals surface area (Å²) in [5.41, 5.74) is 0. The summed E-state index contributed by atoms with van der Waals surface area (Å²) in [7, 11) is 0. The third kappa shape index (κ3) is 1.38. The van der Waals surface area contributed by atoms with Crippen LogP contribution in [0.2, 0.25) is 0 Å². The van der Waals surface area contributed by atoms with Crippen molar-refractivity contribution in [1.82, 2.24) is 5.32 Å². The predicted molar refractivity (Wildman–Crippen MR) is 59.1 cm³/mol. The summed E-state index contributed by atoms with van der Waals surface area (Å²) in [5, 5.41) is 6.60. The molecule has 1 aromatic carbocycles. The highest BCUT2D eigenvalue weighted by Gasteiger charge is 2.18. The molecule has 0 saturated carbocycles. The number of fused-ring (bicyclic) bond motifs is 1. The Labute approximate surface area is 86.5 Å². The van der Waals surface area contributed by atoms with Crippen molar-refractivity contribution in [1.29, 1.82) is 0 Å². The molecule has 0 radical (unpaired) electrons. The molecule has 72 valence electrons. The van der Waals surface area contributed by atoms with Gasteiger partial charge in [-0.15, -0.1) is 11.3 Å². The van der Waals surface area contributed by atoms with E-state index in [-0.39, 0.29) is 0 Å². The molecule has 0 amide bonds. The van der Waals surface area contributed by atoms with Crippen LogP contribution in [0, 0.1) is 0 Å². The lowest BCUT2D eigenvalue weighted by atomic mass is 10.2. The van der Waals surface area contributed by atoms with Gasteiger partial charge < -0.3 is 10.1 Å². The third-order valence-electron chi connectivity index (χ3n) is 2.47. The average Bonchev–Trinajstić information content (AvgIpc) is 2.58. The monoisotopic (exact) mass is 205 g/mol. The molecule has 1 aliphatic heterocycles. The van der Waals surface area contributed by atoms with Gasteiger partial charge in [0.25, 0.3) is 0 Å². The molecule has 1 saturated heterocycles. The number of hydrogen-bond donors (Lipinski definition) is 1. The quantitative estimate of drug-likeness (QED) is 0.812. The summed E-state index contributed by atoms with van der Waals surface area (Å²) >= 11 is 1.76. The minimum absolute atomic E-state index is 0.368. The van der Waals surface area contributed by atoms with E-state index in [1.165, 1.54) is 10.1 Å². The van der Waals surface area contributed by atoms with Gasteiger partial charge in [-0.05, 0) is 35.0 Å². The fraction of sp³-hybridized carbons (Fsp3) is 0.273. The first-order valence-corrected chi connectivity index (χ1v) is 5.64. The Hall–Kier alpha value is -1.06. The molecule has 1 aromatic heterocycles. The lowest BCUT2D eigenvalue weighted by Crippen LogP contribution is -2.50. The number of benzene rings is 1. The van der Waals surface area contributed by atoms with Crippen molar-refractivity contribution in [3.8, 4) is 5.75 Å². The molecule has 0 spiro atoms. The van der Waals surface area contributed by atoms with Crippen LogP contribution in [0.25, 0.3) is 10.1 Å². The van der Waals surface area contributed by atoms with Gasteiger partial charge in [-0.3, -0.25) is 0 Å². The number of hydrogen-bond acceptors (Lipinski definition) is 3. The van der Waals surface area contributed by atoms with Crippen LogP contribution in [0.15, 0.2) is 29.6 Å². The maximum Gasteiger partial charge on any atom is 0.123 e. The van der Waals surface area contributed by atoms with E-state index in [1.807, 2.05) is 6.07 Å². The van der Waals surface area contributed by atoms with Crippen LogP contribution in [0.3, 0.4) is 0 Å². The van der Waals surface area contributed by atoms with Gasteiger partial charge in [-0.2, -0.15) is 0 Å². The molecule has 0 unspecified atom stereocenters. The first-order chi connectivity index (χ1) is 6.92. The zero-order valence-corrected chi connectivity index (χ0v) is 8.51. The molecule has 0 bridgehead atoms. The lowest BCUT2D eigenvalue weighted by molar-refractivity contribution is 0.142. The molecular weight excluding hydrogens is 194 g/mol. The van der Waals surface area contributed by atoms with Gasteiger partial charge >= 0.3 is 0 Å². The molecule has 14 heavy (non-hydrogen) atoms. The van der Waals surface area contributed by atoms with E-state index in [0.717, 1.165) is 18.8 Å². The fourth-order valence-corrected chi connectivity index (χ4v) is 2.36. The highest BCUT2D eigenvalue weighted by Crippen LogP contribution is 2.26. The first-order valence-electron chi connectivity index (χ1n) is 4.76. The maximum absolute atomic E-state index is 5.77. The average molecular weight is 205 g/mol. The fourth-order valence-electron chi connectivity index (χ4n) is 1.55. The Morgan fingerprint density at radius 2 is 2.21 bits per heavy atom. The Morgan fingerprint density at radius 1 is 1.29 bits per heavy atom. The van der Waals surface area contributed by atoms with E-state index in [1.54, 1.807) is 11.3 Å². The van der Waals surface area contributed by atoms with Gasteiger partial charge in [0.05, 0.1) is 0 Å². The second-order valence-corrected chi connectivity index (χ2v) is 4.47. The van der Waals surface area contributed by atoms with Crippen LogP contribution in [-0.4, -0.2) is 19.2 Å². The van der Waals surface area contributed by atoms with E-state index in [4.69, 9.17) is 4.74 Å². The second kappa shape index (κ2) is 3.26. The van der Waals surface area contributed by atoms with Crippen LogP contribution in [-0.2, 0) is 0 Å². The van der Waals surface area contributed by atoms with Crippen molar-refractivity contribution >= 4 is 21.4 Å². The highest BCUT2D eigenvalue weighted by atomic mass is 32.1. The third-order valence-corrected chi connectivity index (χ3v) is 3.35. The molecule has 1 N–H and O–H groups in total. The maximum atomic E-state index is 5.77. The van der Waals surface area contributed by atoms with Gasteiger partial charge in [-0.1, -0.05) is 0 Å². The van der Waals surface area contributed by atoms with Gasteiger partial charge in [-0.25, -0.2) is 0 Å². The van der Waals surface area contributed by atoms with Gasteiger partial charge in [0.15, 0.2) is 0 Å². The summed E-state index contributed by atoms with van der Waals surface area (Å²) in [6.45, 7) is 1.95. The zero-order chi connectivity index (χ0) is 9.38. The summed E-state index contributed by atoms with van der Waals surface area (Å²) in [5.74, 6) is 0.992. The Bertz CT molecular complexity index is 447. The number of ether oxygens (including phenoxy) is 1. The summed E-state index contributed by atoms with van der Waals surface area (Å²) < 4.78 is 7.07. The summed E-state index contributed by atoms with van der Waals surface area (Å²) in [6.07, 6.45) is 0.368. The van der Waals surface area contributed by atoms with E-state index in [2.05, 4.69) is 28.9 Å². The SMILES string of the molecule is c1cc2ccc(OC3CNC3)cc2s1. The molecule has 2 aromatic rings. The van der Waals surface area contributed by atoms with Crippen molar-refractivity contribution in [3.05, 3.63) is 29.6 Å². The van der Waals surface area contributed by atoms with Gasteiger partial charge in [0.1, 0.15) is 11.9 Å². The molecule has 1 fully saturated rings. The van der Waals surface area contributed by atoms with E-state index in [9.17, 15) is 0 Å². The molecule has 1 aliphatic rings. The standard InChI is InChI=1S/C11H11NOS/c1-2-9(13-10-6-12-7-10)5-11-8(1)3-4-14-11/h1-5,10,12H,6-7H2. The highest BCUT2D eigenvalue weighted by molar-refractivity contribution is 7.17.